The van der Waals surface area contributed by atoms with Crippen LogP contribution in [0.15, 0.2) is 24.3 Å². The average molecular weight is 290 g/mol. The van der Waals surface area contributed by atoms with Gasteiger partial charge in [0.1, 0.15) is 0 Å². The van der Waals surface area contributed by atoms with Gasteiger partial charge in [-0.05, 0) is 36.5 Å². The quantitative estimate of drug-likeness (QED) is 0.686. The van der Waals surface area contributed by atoms with Gasteiger partial charge in [0.2, 0.25) is 5.91 Å². The first kappa shape index (κ1) is 15.5. The molecule has 0 aromatic heterocycles. The van der Waals surface area contributed by atoms with Crippen molar-refractivity contribution in [3.63, 3.8) is 0 Å². The van der Waals surface area contributed by atoms with Crippen molar-refractivity contribution in [3.8, 4) is 0 Å². The van der Waals surface area contributed by atoms with Gasteiger partial charge in [0.25, 0.3) is 0 Å². The Morgan fingerprint density at radius 3 is 2.52 bits per heavy atom. The van der Waals surface area contributed by atoms with Crippen LogP contribution in [0.4, 0.5) is 5.69 Å². The van der Waals surface area contributed by atoms with Crippen molar-refractivity contribution in [2.45, 2.75) is 44.6 Å². The van der Waals surface area contributed by atoms with Gasteiger partial charge >= 0.3 is 5.97 Å². The van der Waals surface area contributed by atoms with E-state index in [0.717, 1.165) is 11.3 Å². The van der Waals surface area contributed by atoms with Crippen LogP contribution in [-0.2, 0) is 9.59 Å². The lowest BCUT2D eigenvalue weighted by Crippen LogP contribution is -2.23. The second-order valence-electron chi connectivity index (χ2n) is 5.65. The van der Waals surface area contributed by atoms with E-state index in [9.17, 15) is 9.59 Å². The molecule has 1 aliphatic rings. The van der Waals surface area contributed by atoms with Gasteiger partial charge in [0.05, 0.1) is 6.42 Å². The third-order valence-corrected chi connectivity index (χ3v) is 3.61. The van der Waals surface area contributed by atoms with Gasteiger partial charge < -0.3 is 15.7 Å². The van der Waals surface area contributed by atoms with Crippen LogP contribution in [-0.4, -0.2) is 29.6 Å². The first-order valence-corrected chi connectivity index (χ1v) is 7.39. The fraction of sp³-hybridized carbons (Fsp3) is 0.500. The Balaban J connectivity index is 1.77. The fourth-order valence-electron chi connectivity index (χ4n) is 2.18. The lowest BCUT2D eigenvalue weighted by molar-refractivity contribution is -0.137. The van der Waals surface area contributed by atoms with Gasteiger partial charge in [-0.15, -0.1) is 0 Å². The predicted octanol–water partition coefficient (Wildman–Crippen LogP) is 2.35. The topological polar surface area (TPSA) is 78.4 Å². The molecule has 1 fully saturated rings. The molecule has 5 nitrogen and oxygen atoms in total. The van der Waals surface area contributed by atoms with E-state index in [0.29, 0.717) is 19.0 Å². The minimum absolute atomic E-state index is 0.00511. The Morgan fingerprint density at radius 2 is 1.95 bits per heavy atom. The molecule has 114 valence electrons. The molecule has 5 heteroatoms. The number of carboxylic acids is 1. The van der Waals surface area contributed by atoms with Crippen LogP contribution in [0.5, 0.6) is 0 Å². The third kappa shape index (κ3) is 5.55. The number of amides is 1. The molecule has 1 aromatic rings. The van der Waals surface area contributed by atoms with Gasteiger partial charge in [0, 0.05) is 24.7 Å². The van der Waals surface area contributed by atoms with E-state index < -0.39 is 5.97 Å². The first-order valence-electron chi connectivity index (χ1n) is 7.39. The summed E-state index contributed by atoms with van der Waals surface area (Å²) in [6.45, 7) is 2.59. The fourth-order valence-corrected chi connectivity index (χ4v) is 2.18. The molecule has 0 heterocycles. The number of carbonyl (C=O) groups excluding carboxylic acids is 1. The summed E-state index contributed by atoms with van der Waals surface area (Å²) in [5.74, 6) is -0.840. The Hall–Kier alpha value is -1.88. The van der Waals surface area contributed by atoms with Crippen molar-refractivity contribution in [1.29, 1.82) is 0 Å². The number of carboxylic acid groups (broad SMARTS) is 1. The lowest BCUT2D eigenvalue weighted by Gasteiger charge is -2.11. The Labute approximate surface area is 124 Å². The number of carbonyl (C=O) groups is 2. The molecular weight excluding hydrogens is 268 g/mol. The van der Waals surface area contributed by atoms with Crippen molar-refractivity contribution < 1.29 is 14.7 Å². The molecule has 0 saturated heterocycles. The molecule has 0 spiro atoms. The molecule has 21 heavy (non-hydrogen) atoms. The summed E-state index contributed by atoms with van der Waals surface area (Å²) < 4.78 is 0. The Morgan fingerprint density at radius 1 is 1.29 bits per heavy atom. The van der Waals surface area contributed by atoms with E-state index in [-0.39, 0.29) is 18.2 Å². The molecule has 0 aliphatic heterocycles. The summed E-state index contributed by atoms with van der Waals surface area (Å²) in [7, 11) is 0. The maximum atomic E-state index is 11.7. The number of hydrogen-bond acceptors (Lipinski definition) is 3. The van der Waals surface area contributed by atoms with Gasteiger partial charge in [-0.1, -0.05) is 19.1 Å². The summed E-state index contributed by atoms with van der Waals surface area (Å²) in [4.78, 5) is 22.4. The highest BCUT2D eigenvalue weighted by Crippen LogP contribution is 2.21. The molecule has 2 rings (SSSR count). The maximum absolute atomic E-state index is 11.7. The van der Waals surface area contributed by atoms with Crippen LogP contribution >= 0.6 is 0 Å². The van der Waals surface area contributed by atoms with Crippen LogP contribution in [0.3, 0.4) is 0 Å². The molecular formula is C16H22N2O3. The van der Waals surface area contributed by atoms with E-state index in [4.69, 9.17) is 5.11 Å². The number of rotatable bonds is 8. The highest BCUT2D eigenvalue weighted by atomic mass is 16.4. The average Bonchev–Trinajstić information content (AvgIpc) is 3.23. The second kappa shape index (κ2) is 7.22. The number of aliphatic carboxylic acids is 1. The van der Waals surface area contributed by atoms with Crippen molar-refractivity contribution in [1.82, 2.24) is 5.32 Å². The lowest BCUT2D eigenvalue weighted by atomic mass is 9.98. The van der Waals surface area contributed by atoms with Crippen LogP contribution < -0.4 is 10.6 Å². The van der Waals surface area contributed by atoms with Crippen LogP contribution in [0.2, 0.25) is 0 Å². The highest BCUT2D eigenvalue weighted by Gasteiger charge is 2.20. The molecule has 1 aromatic carbocycles. The molecule has 1 aliphatic carbocycles. The summed E-state index contributed by atoms with van der Waals surface area (Å²) in [6.07, 6.45) is 3.02. The summed E-state index contributed by atoms with van der Waals surface area (Å²) in [5.41, 5.74) is 1.71. The van der Waals surface area contributed by atoms with Crippen LogP contribution in [0.1, 0.15) is 44.1 Å². The molecule has 1 amide bonds. The summed E-state index contributed by atoms with van der Waals surface area (Å²) in [5, 5.41) is 14.9. The molecule has 1 atom stereocenters. The predicted molar refractivity (Wildman–Crippen MR) is 81.4 cm³/mol. The molecule has 1 saturated carbocycles. The van der Waals surface area contributed by atoms with E-state index in [2.05, 4.69) is 10.6 Å². The molecule has 0 bridgehead atoms. The zero-order valence-electron chi connectivity index (χ0n) is 12.3. The summed E-state index contributed by atoms with van der Waals surface area (Å²) in [6, 6.07) is 7.99. The number of hydrogen-bond donors (Lipinski definition) is 3. The van der Waals surface area contributed by atoms with Crippen molar-refractivity contribution in [3.05, 3.63) is 29.8 Å². The monoisotopic (exact) mass is 290 g/mol. The maximum Gasteiger partial charge on any atom is 0.303 e. The SMILES string of the molecule is CC(CC(=O)O)c1ccc(NC(=O)CCNC2CC2)cc1. The normalized spacial score (nSPS) is 15.5. The zero-order valence-corrected chi connectivity index (χ0v) is 12.3. The van der Waals surface area contributed by atoms with Gasteiger partial charge in [-0.2, -0.15) is 0 Å². The van der Waals surface area contributed by atoms with E-state index in [1.807, 2.05) is 31.2 Å². The van der Waals surface area contributed by atoms with Crippen LogP contribution in [0.25, 0.3) is 0 Å². The van der Waals surface area contributed by atoms with E-state index in [1.165, 1.54) is 12.8 Å². The molecule has 1 unspecified atom stereocenters. The number of benzene rings is 1. The van der Waals surface area contributed by atoms with E-state index >= 15 is 0 Å². The van der Waals surface area contributed by atoms with Gasteiger partial charge in [-0.25, -0.2) is 0 Å². The van der Waals surface area contributed by atoms with Crippen LogP contribution in [0, 0.1) is 0 Å². The minimum Gasteiger partial charge on any atom is -0.481 e. The molecule has 0 radical (unpaired) electrons. The van der Waals surface area contributed by atoms with Crippen molar-refractivity contribution >= 4 is 17.6 Å². The van der Waals surface area contributed by atoms with Crippen molar-refractivity contribution in [2.24, 2.45) is 0 Å². The second-order valence-corrected chi connectivity index (χ2v) is 5.65. The number of nitrogens with one attached hydrogen (secondary N) is 2. The standard InChI is InChI=1S/C16H22N2O3/c1-11(10-16(20)21)12-2-4-14(5-3-12)18-15(19)8-9-17-13-6-7-13/h2-5,11,13,17H,6-10H2,1H3,(H,18,19)(H,20,21). The molecule has 3 N–H and O–H groups in total. The van der Waals surface area contributed by atoms with Gasteiger partial charge in [-0.3, -0.25) is 9.59 Å². The third-order valence-electron chi connectivity index (χ3n) is 3.61. The largest absolute Gasteiger partial charge is 0.481 e. The Bertz CT molecular complexity index is 495. The highest BCUT2D eigenvalue weighted by molar-refractivity contribution is 5.90. The number of anilines is 1. The minimum atomic E-state index is -0.803. The van der Waals surface area contributed by atoms with Gasteiger partial charge in [0.15, 0.2) is 0 Å². The zero-order chi connectivity index (χ0) is 15.2. The van der Waals surface area contributed by atoms with E-state index in [1.54, 1.807) is 0 Å². The summed E-state index contributed by atoms with van der Waals surface area (Å²) >= 11 is 0. The Kier molecular flexibility index (Phi) is 5.33. The first-order chi connectivity index (χ1) is 10.0. The van der Waals surface area contributed by atoms with Crippen molar-refractivity contribution in [2.75, 3.05) is 11.9 Å². The smallest absolute Gasteiger partial charge is 0.303 e.